The third-order valence-corrected chi connectivity index (χ3v) is 15.9. The lowest BCUT2D eigenvalue weighted by molar-refractivity contribution is -0.132. The van der Waals surface area contributed by atoms with Crippen molar-refractivity contribution in [3.8, 4) is 22.3 Å². The Morgan fingerprint density at radius 3 is 1.26 bits per heavy atom. The van der Waals surface area contributed by atoms with Gasteiger partial charge in [0, 0.05) is 133 Å². The molecule has 10 rings (SSSR count). The molecular weight excluding hydrogens is 1010 g/mol. The van der Waals surface area contributed by atoms with Crippen LogP contribution in [-0.4, -0.2) is 112 Å². The van der Waals surface area contributed by atoms with Gasteiger partial charge >= 0.3 is 0 Å². The van der Waals surface area contributed by atoms with Gasteiger partial charge in [-0.2, -0.15) is 0 Å². The van der Waals surface area contributed by atoms with Crippen LogP contribution in [0.25, 0.3) is 44.3 Å². The second-order valence-corrected chi connectivity index (χ2v) is 20.1. The van der Waals surface area contributed by atoms with Crippen molar-refractivity contribution in [3.05, 3.63) is 167 Å². The van der Waals surface area contributed by atoms with Crippen LogP contribution >= 0.6 is 48.0 Å². The van der Waals surface area contributed by atoms with E-state index in [9.17, 15) is 0 Å². The molecule has 2 saturated heterocycles. The fraction of sp³-hybridized carbons (Fsp3) is 0.305. The number of carbonyl (C=O) groups is 1. The summed E-state index contributed by atoms with van der Waals surface area (Å²) in [5.74, 6) is -1.09. The van der Waals surface area contributed by atoms with E-state index in [2.05, 4.69) is 128 Å². The molecule has 2 aliphatic rings. The lowest BCUT2D eigenvalue weighted by atomic mass is 9.71. The van der Waals surface area contributed by atoms with Crippen molar-refractivity contribution in [1.29, 1.82) is 10.8 Å². The van der Waals surface area contributed by atoms with Crippen LogP contribution < -0.4 is 9.80 Å². The Morgan fingerprint density at radius 2 is 0.919 bits per heavy atom. The van der Waals surface area contributed by atoms with Crippen LogP contribution in [0.4, 0.5) is 11.4 Å². The van der Waals surface area contributed by atoms with Crippen molar-refractivity contribution in [2.45, 2.75) is 50.6 Å². The van der Waals surface area contributed by atoms with Gasteiger partial charge in [-0.15, -0.1) is 24.8 Å². The molecule has 0 aliphatic carbocycles. The maximum Gasteiger partial charge on any atom is 0.168 e. The Kier molecular flexibility index (Phi) is 18.0. The zero-order chi connectivity index (χ0) is 49.7. The molecule has 6 heterocycles. The fourth-order valence-corrected chi connectivity index (χ4v) is 12.0. The highest BCUT2D eigenvalue weighted by Crippen LogP contribution is 2.43. The van der Waals surface area contributed by atoms with E-state index < -0.39 is 12.1 Å². The number of pyridine rings is 2. The first-order valence-corrected chi connectivity index (χ1v) is 26.1. The summed E-state index contributed by atoms with van der Waals surface area (Å²) in [7, 11) is 0. The van der Waals surface area contributed by atoms with E-state index in [4.69, 9.17) is 44.0 Å². The standard InChI is InChI=1S/C59H62Cl2N10O.2ClH/c1-3-39(35-62)51(43-15-19-45(60)20-16-43)55(70-31-27-68(28-32-70)53-47-23-25-64-58(47)66-37-49(53)41-11-7-5-8-12-41)57(72)56(52(40(4-2)36-63)44-17-21-46(61)22-18-44)71-33-29-69(30-34-71)54-48-24-26-65-59(48)67-38-50(54)42-13-9-6-10-14-42;;/h5-26,35-40,51-52,55-56,62-63H,3-4,27-34H2,1-2H3,(H,64,66)(H,65,67);2*1H/t39-,40-,51+,52+,55?,56?;;/m1../s1. The largest absolute Gasteiger partial charge is 0.368 e. The molecular formula is C59H64Cl4N10O. The lowest BCUT2D eigenvalue weighted by Crippen LogP contribution is -2.63. The third-order valence-electron chi connectivity index (χ3n) is 15.4. The summed E-state index contributed by atoms with van der Waals surface area (Å²) in [6, 6.07) is 39.7. The minimum absolute atomic E-state index is 0. The van der Waals surface area contributed by atoms with Gasteiger partial charge in [-0.1, -0.05) is 122 Å². The number of aromatic nitrogens is 4. The van der Waals surface area contributed by atoms with Gasteiger partial charge in [0.25, 0.3) is 0 Å². The molecule has 384 valence electrons. The average Bonchev–Trinajstić information content (AvgIpc) is 4.13. The van der Waals surface area contributed by atoms with Gasteiger partial charge in [0.15, 0.2) is 5.78 Å². The van der Waals surface area contributed by atoms with Crippen LogP contribution in [-0.2, 0) is 4.79 Å². The Hall–Kier alpha value is -6.05. The Balaban J connectivity index is 0.00000364. The molecule has 0 spiro atoms. The van der Waals surface area contributed by atoms with Crippen LogP contribution in [0, 0.1) is 22.7 Å². The number of H-pyrrole nitrogens is 2. The summed E-state index contributed by atoms with van der Waals surface area (Å²) in [5, 5.41) is 21.3. The topological polar surface area (TPSA) is 135 Å². The zero-order valence-electron chi connectivity index (χ0n) is 41.7. The quantitative estimate of drug-likeness (QED) is 0.0629. The van der Waals surface area contributed by atoms with E-state index in [1.54, 1.807) is 12.4 Å². The summed E-state index contributed by atoms with van der Waals surface area (Å²) >= 11 is 13.2. The number of aromatic amines is 2. The Morgan fingerprint density at radius 1 is 0.554 bits per heavy atom. The molecule has 15 heteroatoms. The minimum Gasteiger partial charge on any atom is -0.368 e. The number of fused-ring (bicyclic) bond motifs is 2. The van der Waals surface area contributed by atoms with E-state index in [0.29, 0.717) is 75.2 Å². The van der Waals surface area contributed by atoms with Crippen LogP contribution in [0.2, 0.25) is 10.0 Å². The smallest absolute Gasteiger partial charge is 0.168 e. The van der Waals surface area contributed by atoms with Crippen molar-refractivity contribution < 1.29 is 4.79 Å². The molecule has 8 aromatic rings. The zero-order valence-corrected chi connectivity index (χ0v) is 44.9. The number of hydrogen-bond acceptors (Lipinski definition) is 9. The van der Waals surface area contributed by atoms with Gasteiger partial charge in [0.1, 0.15) is 11.3 Å². The van der Waals surface area contributed by atoms with Gasteiger partial charge in [-0.05, 0) is 83.9 Å². The summed E-state index contributed by atoms with van der Waals surface area (Å²) in [4.78, 5) is 43.1. The summed E-state index contributed by atoms with van der Waals surface area (Å²) < 4.78 is 0. The van der Waals surface area contributed by atoms with Crippen molar-refractivity contribution in [2.24, 2.45) is 11.8 Å². The molecule has 0 amide bonds. The first kappa shape index (κ1) is 54.2. The number of halogens is 4. The summed E-state index contributed by atoms with van der Waals surface area (Å²) in [5.41, 5.74) is 10.2. The van der Waals surface area contributed by atoms with Crippen LogP contribution in [0.15, 0.2) is 146 Å². The molecule has 4 aromatic carbocycles. The van der Waals surface area contributed by atoms with Gasteiger partial charge < -0.3 is 30.6 Å². The highest BCUT2D eigenvalue weighted by molar-refractivity contribution is 6.30. The van der Waals surface area contributed by atoms with E-state index in [-0.39, 0.29) is 54.3 Å². The van der Waals surface area contributed by atoms with Gasteiger partial charge in [0.2, 0.25) is 0 Å². The number of hydrogen-bond donors (Lipinski definition) is 4. The normalized spacial score (nSPS) is 16.9. The number of Topliss-reactive ketones (excluding diaryl/α,β-unsaturated/α-hetero) is 1. The molecule has 11 nitrogen and oxygen atoms in total. The average molecular weight is 1070 g/mol. The number of rotatable bonds is 18. The molecule has 2 fully saturated rings. The highest BCUT2D eigenvalue weighted by Gasteiger charge is 2.48. The Bertz CT molecular complexity index is 2910. The Labute approximate surface area is 456 Å². The number of piperazine rings is 2. The highest BCUT2D eigenvalue weighted by atomic mass is 35.5. The maximum atomic E-state index is 17.0. The fourth-order valence-electron chi connectivity index (χ4n) is 11.8. The third kappa shape index (κ3) is 10.9. The van der Waals surface area contributed by atoms with Crippen molar-refractivity contribution in [3.63, 3.8) is 0 Å². The predicted molar refractivity (Wildman–Crippen MR) is 311 cm³/mol. The summed E-state index contributed by atoms with van der Waals surface area (Å²) in [6.45, 7) is 9.39. The molecule has 0 saturated carbocycles. The minimum atomic E-state index is -0.622. The van der Waals surface area contributed by atoms with Gasteiger partial charge in [-0.3, -0.25) is 14.6 Å². The van der Waals surface area contributed by atoms with E-state index in [1.807, 2.05) is 61.2 Å². The molecule has 4 aromatic heterocycles. The number of carbonyl (C=O) groups excluding carboxylic acids is 1. The second-order valence-electron chi connectivity index (χ2n) is 19.2. The van der Waals surface area contributed by atoms with Gasteiger partial charge in [-0.25, -0.2) is 9.97 Å². The first-order chi connectivity index (χ1) is 35.3. The van der Waals surface area contributed by atoms with Crippen LogP contribution in [0.3, 0.4) is 0 Å². The van der Waals surface area contributed by atoms with E-state index in [0.717, 1.165) is 66.8 Å². The second kappa shape index (κ2) is 24.5. The molecule has 2 aliphatic heterocycles. The van der Waals surface area contributed by atoms with Crippen LogP contribution in [0.1, 0.15) is 49.7 Å². The number of benzene rings is 4. The summed E-state index contributed by atoms with van der Waals surface area (Å²) in [6.07, 6.45) is 12.3. The molecule has 0 radical (unpaired) electrons. The van der Waals surface area contributed by atoms with Crippen molar-refractivity contribution in [1.82, 2.24) is 29.7 Å². The first-order valence-electron chi connectivity index (χ1n) is 25.4. The van der Waals surface area contributed by atoms with Crippen molar-refractivity contribution >= 4 is 99.7 Å². The molecule has 2 unspecified atom stereocenters. The van der Waals surface area contributed by atoms with Crippen molar-refractivity contribution in [2.75, 3.05) is 62.2 Å². The number of nitrogens with zero attached hydrogens (tertiary/aromatic N) is 6. The number of nitrogens with one attached hydrogen (secondary N) is 4. The lowest BCUT2D eigenvalue weighted by Gasteiger charge is -2.49. The molecule has 74 heavy (non-hydrogen) atoms. The van der Waals surface area contributed by atoms with Gasteiger partial charge in [0.05, 0.1) is 23.5 Å². The maximum absolute atomic E-state index is 17.0. The molecule has 4 N–H and O–H groups in total. The SMILES string of the molecule is CC[C@H](C=N)[C@@H](c1ccc(Cl)cc1)C(C(=O)C([C@H](c1ccc(Cl)cc1)[C@@H](C=N)CC)N1CCN(c2c(-c3ccccc3)cnc3[nH]ccc23)CC1)N1CCN(c2c(-c3ccccc3)cnc3[nH]ccc23)CC1.Cl.Cl. The monoisotopic (exact) mass is 1070 g/mol. The van der Waals surface area contributed by atoms with E-state index in [1.165, 1.54) is 0 Å². The predicted octanol–water partition coefficient (Wildman–Crippen LogP) is 13.1. The van der Waals surface area contributed by atoms with Crippen LogP contribution in [0.5, 0.6) is 0 Å². The molecule has 6 atom stereocenters. The van der Waals surface area contributed by atoms with E-state index >= 15 is 4.79 Å². The number of ketones is 1. The molecule has 0 bridgehead atoms. The number of anilines is 2.